The van der Waals surface area contributed by atoms with E-state index in [1.54, 1.807) is 12.1 Å². The minimum Gasteiger partial charge on any atom is -0.496 e. The van der Waals surface area contributed by atoms with Crippen LogP contribution in [0.2, 0.25) is 0 Å². The van der Waals surface area contributed by atoms with E-state index in [4.69, 9.17) is 9.47 Å². The van der Waals surface area contributed by atoms with Crippen LogP contribution in [-0.4, -0.2) is 37.2 Å². The fraction of sp³-hybridized carbons (Fsp3) is 0.429. The number of aliphatic carboxylic acids is 1. The van der Waals surface area contributed by atoms with Crippen molar-refractivity contribution in [3.63, 3.8) is 0 Å². The third-order valence-electron chi connectivity index (χ3n) is 3.60. The molecular weight excluding hydrogens is 248 g/mol. The summed E-state index contributed by atoms with van der Waals surface area (Å²) in [6.45, 7) is 3.61. The molecule has 0 amide bonds. The van der Waals surface area contributed by atoms with Gasteiger partial charge >= 0.3 is 5.97 Å². The Kier molecular flexibility index (Phi) is 3.32. The fourth-order valence-electron chi connectivity index (χ4n) is 2.05. The lowest BCUT2D eigenvalue weighted by Crippen LogP contribution is -2.54. The zero-order chi connectivity index (χ0) is 14.2. The molecule has 1 saturated heterocycles. The van der Waals surface area contributed by atoms with Gasteiger partial charge in [0.25, 0.3) is 0 Å². The number of ketones is 1. The number of carbonyl (C=O) groups is 2. The van der Waals surface area contributed by atoms with E-state index in [1.807, 2.05) is 13.8 Å². The van der Waals surface area contributed by atoms with Gasteiger partial charge in [-0.25, -0.2) is 0 Å². The van der Waals surface area contributed by atoms with Crippen molar-refractivity contribution < 1.29 is 24.2 Å². The van der Waals surface area contributed by atoms with Crippen LogP contribution in [0.3, 0.4) is 0 Å². The second-order valence-electron chi connectivity index (χ2n) is 4.85. The Morgan fingerprint density at radius 3 is 2.26 bits per heavy atom. The van der Waals surface area contributed by atoms with E-state index in [0.29, 0.717) is 11.3 Å². The number of benzene rings is 1. The van der Waals surface area contributed by atoms with E-state index in [-0.39, 0.29) is 13.2 Å². The van der Waals surface area contributed by atoms with Crippen LogP contribution in [0.5, 0.6) is 5.75 Å². The van der Waals surface area contributed by atoms with Crippen molar-refractivity contribution in [2.45, 2.75) is 13.8 Å². The molecule has 2 rings (SSSR count). The number of hydrogen-bond acceptors (Lipinski definition) is 4. The van der Waals surface area contributed by atoms with Gasteiger partial charge in [-0.2, -0.15) is 0 Å². The molecule has 5 heteroatoms. The molecule has 0 radical (unpaired) electrons. The van der Waals surface area contributed by atoms with Gasteiger partial charge in [-0.3, -0.25) is 9.59 Å². The SMILES string of the molecule is COc1cc(C)c(C)cc1C(=O)C1(C(=O)O)COC1. The van der Waals surface area contributed by atoms with Crippen molar-refractivity contribution in [1.29, 1.82) is 0 Å². The number of rotatable bonds is 4. The van der Waals surface area contributed by atoms with Crippen molar-refractivity contribution in [2.24, 2.45) is 5.41 Å². The number of aryl methyl sites for hydroxylation is 2. The highest BCUT2D eigenvalue weighted by molar-refractivity contribution is 6.14. The molecule has 1 aromatic rings. The molecule has 102 valence electrons. The largest absolute Gasteiger partial charge is 0.496 e. The monoisotopic (exact) mass is 264 g/mol. The predicted octanol–water partition coefficient (Wildman–Crippen LogP) is 1.60. The Morgan fingerprint density at radius 1 is 1.26 bits per heavy atom. The summed E-state index contributed by atoms with van der Waals surface area (Å²) in [5.41, 5.74) is 0.749. The van der Waals surface area contributed by atoms with Gasteiger partial charge in [-0.1, -0.05) is 0 Å². The quantitative estimate of drug-likeness (QED) is 0.660. The van der Waals surface area contributed by atoms with E-state index < -0.39 is 17.2 Å². The summed E-state index contributed by atoms with van der Waals surface area (Å²) in [6.07, 6.45) is 0. The van der Waals surface area contributed by atoms with Crippen molar-refractivity contribution in [3.05, 3.63) is 28.8 Å². The van der Waals surface area contributed by atoms with Crippen LogP contribution in [0.15, 0.2) is 12.1 Å². The zero-order valence-electron chi connectivity index (χ0n) is 11.1. The second-order valence-corrected chi connectivity index (χ2v) is 4.85. The lowest BCUT2D eigenvalue weighted by atomic mass is 9.78. The van der Waals surface area contributed by atoms with Gasteiger partial charge in [0, 0.05) is 0 Å². The van der Waals surface area contributed by atoms with E-state index >= 15 is 0 Å². The number of hydrogen-bond donors (Lipinski definition) is 1. The summed E-state index contributed by atoms with van der Waals surface area (Å²) >= 11 is 0. The highest BCUT2D eigenvalue weighted by Gasteiger charge is 2.53. The second kappa shape index (κ2) is 4.66. The van der Waals surface area contributed by atoms with E-state index in [2.05, 4.69) is 0 Å². The van der Waals surface area contributed by atoms with E-state index in [9.17, 15) is 14.7 Å². The summed E-state index contributed by atoms with van der Waals surface area (Å²) in [7, 11) is 1.46. The first-order chi connectivity index (χ1) is 8.92. The molecule has 1 aliphatic heterocycles. The Balaban J connectivity index is 2.49. The van der Waals surface area contributed by atoms with Crippen LogP contribution >= 0.6 is 0 Å². The van der Waals surface area contributed by atoms with Crippen LogP contribution in [0.1, 0.15) is 21.5 Å². The molecule has 0 saturated carbocycles. The Labute approximate surface area is 111 Å². The van der Waals surface area contributed by atoms with Crippen molar-refractivity contribution in [2.75, 3.05) is 20.3 Å². The average molecular weight is 264 g/mol. The van der Waals surface area contributed by atoms with Crippen molar-refractivity contribution in [1.82, 2.24) is 0 Å². The third kappa shape index (κ3) is 2.00. The molecule has 1 aliphatic rings. The maximum Gasteiger partial charge on any atom is 0.322 e. The first-order valence-corrected chi connectivity index (χ1v) is 5.93. The van der Waals surface area contributed by atoms with E-state index in [1.165, 1.54) is 7.11 Å². The fourth-order valence-corrected chi connectivity index (χ4v) is 2.05. The number of carboxylic acid groups (broad SMARTS) is 1. The molecule has 1 N–H and O–H groups in total. The average Bonchev–Trinajstić information content (AvgIpc) is 2.29. The van der Waals surface area contributed by atoms with Gasteiger partial charge in [-0.15, -0.1) is 0 Å². The molecule has 0 aromatic heterocycles. The van der Waals surface area contributed by atoms with Crippen LogP contribution in [0.4, 0.5) is 0 Å². The molecule has 0 unspecified atom stereocenters. The summed E-state index contributed by atoms with van der Waals surface area (Å²) in [6, 6.07) is 3.43. The van der Waals surface area contributed by atoms with Gasteiger partial charge in [0.05, 0.1) is 25.9 Å². The number of carbonyl (C=O) groups excluding carboxylic acids is 1. The van der Waals surface area contributed by atoms with Crippen LogP contribution < -0.4 is 4.74 Å². The minimum atomic E-state index is -1.46. The number of ether oxygens (including phenoxy) is 2. The topological polar surface area (TPSA) is 72.8 Å². The first-order valence-electron chi connectivity index (χ1n) is 5.93. The Bertz CT molecular complexity index is 543. The van der Waals surface area contributed by atoms with Crippen molar-refractivity contribution >= 4 is 11.8 Å². The standard InChI is InChI=1S/C14H16O5/c1-8-4-10(11(18-3)5-9(8)2)12(15)14(13(16)17)6-19-7-14/h4-5H,6-7H2,1-3H3,(H,16,17). The zero-order valence-corrected chi connectivity index (χ0v) is 11.1. The Morgan fingerprint density at radius 2 is 1.84 bits per heavy atom. The summed E-state index contributed by atoms with van der Waals surface area (Å²) < 4.78 is 10.1. The maximum atomic E-state index is 12.5. The Hall–Kier alpha value is -1.88. The molecule has 0 aliphatic carbocycles. The highest BCUT2D eigenvalue weighted by atomic mass is 16.5. The smallest absolute Gasteiger partial charge is 0.322 e. The molecule has 19 heavy (non-hydrogen) atoms. The molecular formula is C14H16O5. The van der Waals surface area contributed by atoms with Crippen LogP contribution in [0, 0.1) is 19.3 Å². The minimum absolute atomic E-state index is 0.0861. The van der Waals surface area contributed by atoms with Gasteiger partial charge in [0.2, 0.25) is 0 Å². The lowest BCUT2D eigenvalue weighted by Gasteiger charge is -2.36. The summed E-state index contributed by atoms with van der Waals surface area (Å²) in [5.74, 6) is -1.20. The van der Waals surface area contributed by atoms with Crippen LogP contribution in [-0.2, 0) is 9.53 Å². The normalized spacial score (nSPS) is 16.6. The summed E-state index contributed by atoms with van der Waals surface area (Å²) in [4.78, 5) is 23.8. The first kappa shape index (κ1) is 13.5. The van der Waals surface area contributed by atoms with Crippen LogP contribution in [0.25, 0.3) is 0 Å². The number of methoxy groups -OCH3 is 1. The molecule has 1 heterocycles. The molecule has 0 atom stereocenters. The van der Waals surface area contributed by atoms with Crippen molar-refractivity contribution in [3.8, 4) is 5.75 Å². The van der Waals surface area contributed by atoms with Gasteiger partial charge in [-0.05, 0) is 37.1 Å². The number of carboxylic acids is 1. The van der Waals surface area contributed by atoms with Gasteiger partial charge < -0.3 is 14.6 Å². The predicted molar refractivity (Wildman–Crippen MR) is 67.7 cm³/mol. The maximum absolute atomic E-state index is 12.5. The van der Waals surface area contributed by atoms with Gasteiger partial charge in [0.1, 0.15) is 5.75 Å². The third-order valence-corrected chi connectivity index (χ3v) is 3.60. The highest BCUT2D eigenvalue weighted by Crippen LogP contribution is 2.36. The lowest BCUT2D eigenvalue weighted by molar-refractivity contribution is -0.169. The van der Waals surface area contributed by atoms with Gasteiger partial charge in [0.15, 0.2) is 11.2 Å². The summed E-state index contributed by atoms with van der Waals surface area (Å²) in [5, 5.41) is 9.26. The number of Topliss-reactive ketones (excluding diaryl/α,β-unsaturated/α-hetero) is 1. The molecule has 1 aromatic carbocycles. The molecule has 0 spiro atoms. The molecule has 5 nitrogen and oxygen atoms in total. The van der Waals surface area contributed by atoms with E-state index in [0.717, 1.165) is 11.1 Å². The molecule has 0 bridgehead atoms. The molecule has 1 fully saturated rings.